The van der Waals surface area contributed by atoms with E-state index in [0.29, 0.717) is 5.76 Å². The van der Waals surface area contributed by atoms with Crippen LogP contribution in [-0.4, -0.2) is 29.0 Å². The summed E-state index contributed by atoms with van der Waals surface area (Å²) in [6.45, 7) is 13.1. The molecule has 1 aliphatic rings. The molecule has 0 heterocycles. The van der Waals surface area contributed by atoms with Crippen molar-refractivity contribution in [3.05, 3.63) is 11.8 Å². The molecule has 1 rings (SSSR count). The fourth-order valence-electron chi connectivity index (χ4n) is 0.821. The maximum Gasteiger partial charge on any atom is 0.0882 e. The van der Waals surface area contributed by atoms with Gasteiger partial charge in [0.05, 0.1) is 5.76 Å². The molecule has 0 unspecified atom stereocenters. The summed E-state index contributed by atoms with van der Waals surface area (Å²) in [5.41, 5.74) is 0. The van der Waals surface area contributed by atoms with Gasteiger partial charge in [-0.2, -0.15) is 0 Å². The van der Waals surface area contributed by atoms with Crippen molar-refractivity contribution in [3.8, 4) is 0 Å². The van der Waals surface area contributed by atoms with Crippen molar-refractivity contribution < 1.29 is 5.11 Å². The third-order valence-electron chi connectivity index (χ3n) is 2.77. The van der Waals surface area contributed by atoms with Crippen molar-refractivity contribution in [1.82, 2.24) is 0 Å². The summed E-state index contributed by atoms with van der Waals surface area (Å²) in [4.78, 5) is 0. The third-order valence-corrected chi connectivity index (χ3v) is 2.77. The number of hydrogen-bond donors (Lipinski definition) is 1. The van der Waals surface area contributed by atoms with E-state index in [9.17, 15) is 0 Å². The van der Waals surface area contributed by atoms with Crippen molar-refractivity contribution in [3.63, 3.8) is 0 Å². The fourth-order valence-corrected chi connectivity index (χ4v) is 0.821. The zero-order valence-electron chi connectivity index (χ0n) is 15.1. The van der Waals surface area contributed by atoms with E-state index in [2.05, 4.69) is 41.5 Å². The molecule has 0 aromatic rings. The Labute approximate surface area is 146 Å². The summed E-state index contributed by atoms with van der Waals surface area (Å²) in [7, 11) is 0. The molecule has 4 radical (unpaired) electrons. The van der Waals surface area contributed by atoms with Crippen LogP contribution in [0.1, 0.15) is 106 Å². The zero-order chi connectivity index (χ0) is 15.4. The predicted molar refractivity (Wildman–Crippen MR) is 96.7 cm³/mol. The van der Waals surface area contributed by atoms with Crippen LogP contribution in [0.25, 0.3) is 0 Å². The van der Waals surface area contributed by atoms with Gasteiger partial charge in [0.2, 0.25) is 0 Å². The Bertz CT molecular complexity index is 140. The van der Waals surface area contributed by atoms with E-state index in [1.807, 2.05) is 6.08 Å². The quantitative estimate of drug-likeness (QED) is 0.512. The largest absolute Gasteiger partial charge is 0.513 e. The van der Waals surface area contributed by atoms with E-state index in [1.54, 1.807) is 0 Å². The average molecular weight is 391 g/mol. The van der Waals surface area contributed by atoms with Crippen LogP contribution in [0.5, 0.6) is 0 Å². The SMILES string of the molecule is CCCC.CCCC.CCCC.OC1=CCCCC1.[Sn]. The predicted octanol–water partition coefficient (Wildman–Crippen LogP) is 7.04. The Balaban J connectivity index is -0.0000000881. The first-order valence-electron chi connectivity index (χ1n) is 8.52. The first-order chi connectivity index (χ1) is 9.14. The molecule has 0 aliphatic heterocycles. The third kappa shape index (κ3) is 42.9. The topological polar surface area (TPSA) is 20.2 Å². The summed E-state index contributed by atoms with van der Waals surface area (Å²) >= 11 is 0. The monoisotopic (exact) mass is 392 g/mol. The second kappa shape index (κ2) is 31.6. The number of rotatable bonds is 3. The summed E-state index contributed by atoms with van der Waals surface area (Å²) in [6, 6.07) is 0. The maximum atomic E-state index is 8.77. The fraction of sp³-hybridized carbons (Fsp3) is 0.889. The molecule has 0 aromatic heterocycles. The summed E-state index contributed by atoms with van der Waals surface area (Å²) in [5, 5.41) is 8.77. The number of unbranched alkanes of at least 4 members (excludes halogenated alkanes) is 3. The van der Waals surface area contributed by atoms with E-state index in [1.165, 1.54) is 51.4 Å². The van der Waals surface area contributed by atoms with Crippen molar-refractivity contribution in [1.29, 1.82) is 0 Å². The molecule has 0 bridgehead atoms. The Morgan fingerprint density at radius 2 is 1.10 bits per heavy atom. The van der Waals surface area contributed by atoms with Crippen LogP contribution in [0.15, 0.2) is 11.8 Å². The second-order valence-electron chi connectivity index (χ2n) is 4.94. The van der Waals surface area contributed by atoms with Crippen LogP contribution in [0.2, 0.25) is 0 Å². The van der Waals surface area contributed by atoms with Gasteiger partial charge in [0.25, 0.3) is 0 Å². The van der Waals surface area contributed by atoms with Crippen LogP contribution in [-0.2, 0) is 0 Å². The van der Waals surface area contributed by atoms with E-state index >= 15 is 0 Å². The van der Waals surface area contributed by atoms with E-state index in [4.69, 9.17) is 5.11 Å². The molecule has 0 aromatic carbocycles. The van der Waals surface area contributed by atoms with Gasteiger partial charge in [-0.15, -0.1) is 0 Å². The van der Waals surface area contributed by atoms with Gasteiger partial charge >= 0.3 is 0 Å². The molecular weight excluding hydrogens is 351 g/mol. The van der Waals surface area contributed by atoms with Gasteiger partial charge in [-0.25, -0.2) is 0 Å². The molecule has 122 valence electrons. The van der Waals surface area contributed by atoms with Gasteiger partial charge in [0.1, 0.15) is 0 Å². The average Bonchev–Trinajstić information content (AvgIpc) is 2.48. The molecule has 0 spiro atoms. The molecule has 1 aliphatic carbocycles. The zero-order valence-corrected chi connectivity index (χ0v) is 17.9. The molecule has 0 amide bonds. The first kappa shape index (κ1) is 28.5. The Hall–Kier alpha value is 0.339. The number of hydrogen-bond acceptors (Lipinski definition) is 1. The minimum atomic E-state index is 0. The first-order valence-corrected chi connectivity index (χ1v) is 8.52. The molecule has 0 atom stereocenters. The molecular formula is C18H40OSn. The molecule has 0 fully saturated rings. The summed E-state index contributed by atoms with van der Waals surface area (Å²) in [6.07, 6.45) is 14.2. The molecule has 2 heteroatoms. The normalized spacial score (nSPS) is 12.0. The molecule has 20 heavy (non-hydrogen) atoms. The van der Waals surface area contributed by atoms with E-state index < -0.39 is 0 Å². The second-order valence-corrected chi connectivity index (χ2v) is 4.94. The van der Waals surface area contributed by atoms with Crippen LogP contribution in [0.3, 0.4) is 0 Å². The van der Waals surface area contributed by atoms with Crippen LogP contribution in [0.4, 0.5) is 0 Å². The van der Waals surface area contributed by atoms with E-state index in [-0.39, 0.29) is 23.9 Å². The number of aliphatic hydroxyl groups excluding tert-OH is 1. The van der Waals surface area contributed by atoms with Crippen LogP contribution < -0.4 is 0 Å². The van der Waals surface area contributed by atoms with Gasteiger partial charge in [-0.05, 0) is 25.3 Å². The maximum absolute atomic E-state index is 8.77. The van der Waals surface area contributed by atoms with E-state index in [0.717, 1.165) is 12.8 Å². The van der Waals surface area contributed by atoms with Crippen LogP contribution in [0, 0.1) is 0 Å². The van der Waals surface area contributed by atoms with Gasteiger partial charge in [-0.3, -0.25) is 0 Å². The smallest absolute Gasteiger partial charge is 0.0882 e. The molecule has 0 saturated heterocycles. The van der Waals surface area contributed by atoms with Gasteiger partial charge in [-0.1, -0.05) is 80.1 Å². The minimum absolute atomic E-state index is 0. The number of aliphatic hydroxyl groups is 1. The molecule has 0 saturated carbocycles. The Morgan fingerprint density at radius 3 is 1.20 bits per heavy atom. The molecule has 1 nitrogen and oxygen atoms in total. The Morgan fingerprint density at radius 1 is 0.750 bits per heavy atom. The van der Waals surface area contributed by atoms with Gasteiger partial charge < -0.3 is 5.11 Å². The molecule has 1 N–H and O–H groups in total. The standard InChI is InChI=1S/C6H10O.3C4H10.Sn/c7-6-4-2-1-3-5-6;3*1-3-4-2;/h4,7H,1-3,5H2;3*3-4H2,1-2H3;. The van der Waals surface area contributed by atoms with Gasteiger partial charge in [0, 0.05) is 30.3 Å². The summed E-state index contributed by atoms with van der Waals surface area (Å²) in [5.74, 6) is 0.589. The summed E-state index contributed by atoms with van der Waals surface area (Å²) < 4.78 is 0. The van der Waals surface area contributed by atoms with Crippen molar-refractivity contribution in [2.75, 3.05) is 0 Å². The number of allylic oxidation sites excluding steroid dienone is 2. The minimum Gasteiger partial charge on any atom is -0.513 e. The Kier molecular flexibility index (Phi) is 45.1. The van der Waals surface area contributed by atoms with Crippen molar-refractivity contribution in [2.45, 2.75) is 106 Å². The van der Waals surface area contributed by atoms with Gasteiger partial charge in [0.15, 0.2) is 0 Å². The van der Waals surface area contributed by atoms with Crippen molar-refractivity contribution in [2.24, 2.45) is 0 Å². The van der Waals surface area contributed by atoms with Crippen molar-refractivity contribution >= 4 is 23.9 Å². The van der Waals surface area contributed by atoms with Crippen LogP contribution >= 0.6 is 0 Å².